The molecule has 1 fully saturated rings. The molecule has 0 amide bonds. The molecule has 0 saturated heterocycles. The molecule has 53 valence electrons. The lowest BCUT2D eigenvalue weighted by atomic mass is 9.92. The van der Waals surface area contributed by atoms with Crippen molar-refractivity contribution >= 4 is 5.71 Å². The Balaban J connectivity index is 2.19. The SMILES string of the molecule is C1=C2CCCCC2=N[N]C1. The summed E-state index contributed by atoms with van der Waals surface area (Å²) in [6.45, 7) is 0.804. The van der Waals surface area contributed by atoms with Crippen LogP contribution in [-0.4, -0.2) is 12.3 Å². The number of nitrogens with zero attached hydrogens (tertiary/aromatic N) is 2. The molecule has 1 aliphatic carbocycles. The Hall–Kier alpha value is -0.790. The van der Waals surface area contributed by atoms with Crippen LogP contribution in [0.25, 0.3) is 0 Å². The van der Waals surface area contributed by atoms with E-state index in [2.05, 4.69) is 16.6 Å². The highest BCUT2D eigenvalue weighted by Crippen LogP contribution is 2.21. The monoisotopic (exact) mass is 135 g/mol. The van der Waals surface area contributed by atoms with Gasteiger partial charge in [-0.05, 0) is 31.3 Å². The molecule has 2 rings (SSSR count). The topological polar surface area (TPSA) is 26.5 Å². The normalized spacial score (nSPS) is 24.0. The lowest BCUT2D eigenvalue weighted by Crippen LogP contribution is -2.17. The quantitative estimate of drug-likeness (QED) is 0.481. The van der Waals surface area contributed by atoms with E-state index in [1.807, 2.05) is 0 Å². The van der Waals surface area contributed by atoms with Crippen LogP contribution in [0.2, 0.25) is 0 Å². The van der Waals surface area contributed by atoms with Crippen LogP contribution in [0.15, 0.2) is 16.8 Å². The van der Waals surface area contributed by atoms with Gasteiger partial charge in [0.2, 0.25) is 0 Å². The van der Waals surface area contributed by atoms with Gasteiger partial charge in [0.05, 0.1) is 12.3 Å². The summed E-state index contributed by atoms with van der Waals surface area (Å²) in [6.07, 6.45) is 7.22. The first kappa shape index (κ1) is 5.96. The summed E-state index contributed by atoms with van der Waals surface area (Å²) >= 11 is 0. The molecule has 2 heteroatoms. The highest BCUT2D eigenvalue weighted by Gasteiger charge is 2.14. The number of allylic oxidation sites excluding steroid dienone is 1. The fourth-order valence-electron chi connectivity index (χ4n) is 1.52. The zero-order chi connectivity index (χ0) is 6.81. The molecular weight excluding hydrogens is 124 g/mol. The van der Waals surface area contributed by atoms with Crippen molar-refractivity contribution in [3.63, 3.8) is 0 Å². The molecule has 0 aromatic heterocycles. The first-order valence-corrected chi connectivity index (χ1v) is 3.89. The second-order valence-electron chi connectivity index (χ2n) is 2.81. The first-order valence-electron chi connectivity index (χ1n) is 3.89. The standard InChI is InChI=1S/C8H11N2/c1-2-4-8-7(3-1)5-6-9-10-8/h5H,1-4,6H2. The van der Waals surface area contributed by atoms with Crippen molar-refractivity contribution in [2.45, 2.75) is 25.7 Å². The van der Waals surface area contributed by atoms with Crippen molar-refractivity contribution in [1.82, 2.24) is 5.43 Å². The third-order valence-electron chi connectivity index (χ3n) is 2.09. The second kappa shape index (κ2) is 2.45. The third-order valence-corrected chi connectivity index (χ3v) is 2.09. The number of hydrogen-bond acceptors (Lipinski definition) is 1. The molecule has 1 aliphatic heterocycles. The van der Waals surface area contributed by atoms with Gasteiger partial charge >= 0.3 is 0 Å². The minimum Gasteiger partial charge on any atom is -0.185 e. The van der Waals surface area contributed by atoms with Crippen molar-refractivity contribution in [1.29, 1.82) is 0 Å². The smallest absolute Gasteiger partial charge is 0.0790 e. The maximum Gasteiger partial charge on any atom is 0.0790 e. The number of fused-ring (bicyclic) bond motifs is 1. The van der Waals surface area contributed by atoms with Gasteiger partial charge in [0.15, 0.2) is 0 Å². The average molecular weight is 135 g/mol. The maximum absolute atomic E-state index is 4.12. The van der Waals surface area contributed by atoms with E-state index in [-0.39, 0.29) is 0 Å². The molecule has 10 heavy (non-hydrogen) atoms. The fourth-order valence-corrected chi connectivity index (χ4v) is 1.52. The summed E-state index contributed by atoms with van der Waals surface area (Å²) in [7, 11) is 0. The molecule has 1 heterocycles. The van der Waals surface area contributed by atoms with Crippen LogP contribution in [0, 0.1) is 0 Å². The van der Waals surface area contributed by atoms with Crippen LogP contribution in [-0.2, 0) is 0 Å². The Morgan fingerprint density at radius 2 is 2.10 bits per heavy atom. The summed E-state index contributed by atoms with van der Waals surface area (Å²) in [5.74, 6) is 0. The van der Waals surface area contributed by atoms with E-state index in [0.29, 0.717) is 0 Å². The van der Waals surface area contributed by atoms with Crippen molar-refractivity contribution in [3.8, 4) is 0 Å². The van der Waals surface area contributed by atoms with Crippen molar-refractivity contribution in [2.24, 2.45) is 5.10 Å². The summed E-state index contributed by atoms with van der Waals surface area (Å²) in [6, 6.07) is 0. The van der Waals surface area contributed by atoms with Gasteiger partial charge < -0.3 is 0 Å². The summed E-state index contributed by atoms with van der Waals surface area (Å²) in [5.41, 5.74) is 6.68. The lowest BCUT2D eigenvalue weighted by Gasteiger charge is -2.18. The molecule has 0 spiro atoms. The predicted molar refractivity (Wildman–Crippen MR) is 41.0 cm³/mol. The predicted octanol–water partition coefficient (Wildman–Crippen LogP) is 1.46. The van der Waals surface area contributed by atoms with E-state index in [1.165, 1.54) is 30.5 Å². The Morgan fingerprint density at radius 3 is 3.00 bits per heavy atom. The average Bonchev–Trinajstić information content (AvgIpc) is 2.05. The van der Waals surface area contributed by atoms with E-state index >= 15 is 0 Å². The van der Waals surface area contributed by atoms with E-state index in [1.54, 1.807) is 0 Å². The number of rotatable bonds is 0. The zero-order valence-corrected chi connectivity index (χ0v) is 6.01. The molecular formula is C8H11N2. The Kier molecular flexibility index (Phi) is 1.46. The van der Waals surface area contributed by atoms with Gasteiger partial charge in [0, 0.05) is 0 Å². The van der Waals surface area contributed by atoms with Crippen molar-refractivity contribution < 1.29 is 0 Å². The summed E-state index contributed by atoms with van der Waals surface area (Å²) in [4.78, 5) is 0. The Bertz CT molecular complexity index is 169. The maximum atomic E-state index is 4.12. The Labute approximate surface area is 61.0 Å². The molecule has 1 radical (unpaired) electrons. The van der Waals surface area contributed by atoms with E-state index in [9.17, 15) is 0 Å². The lowest BCUT2D eigenvalue weighted by molar-refractivity contribution is 0.691. The summed E-state index contributed by atoms with van der Waals surface area (Å²) in [5, 5.41) is 4.12. The molecule has 2 nitrogen and oxygen atoms in total. The van der Waals surface area contributed by atoms with Gasteiger partial charge in [0.1, 0.15) is 0 Å². The fraction of sp³-hybridized carbons (Fsp3) is 0.625. The van der Waals surface area contributed by atoms with Gasteiger partial charge in [-0.25, -0.2) is 0 Å². The van der Waals surface area contributed by atoms with Crippen LogP contribution in [0.5, 0.6) is 0 Å². The minimum atomic E-state index is 0.804. The number of hydrogen-bond donors (Lipinski definition) is 0. The molecule has 0 N–H and O–H groups in total. The molecule has 0 aromatic carbocycles. The molecule has 0 bridgehead atoms. The molecule has 0 atom stereocenters. The van der Waals surface area contributed by atoms with E-state index in [0.717, 1.165) is 13.0 Å². The van der Waals surface area contributed by atoms with Crippen molar-refractivity contribution in [3.05, 3.63) is 11.6 Å². The largest absolute Gasteiger partial charge is 0.185 e. The Morgan fingerprint density at radius 1 is 1.20 bits per heavy atom. The highest BCUT2D eigenvalue weighted by molar-refractivity contribution is 6.00. The second-order valence-corrected chi connectivity index (χ2v) is 2.81. The van der Waals surface area contributed by atoms with Gasteiger partial charge in [-0.3, -0.25) is 0 Å². The van der Waals surface area contributed by atoms with Gasteiger partial charge in [0.25, 0.3) is 0 Å². The minimum absolute atomic E-state index is 0.804. The molecule has 0 aromatic rings. The third kappa shape index (κ3) is 0.939. The van der Waals surface area contributed by atoms with Crippen molar-refractivity contribution in [2.75, 3.05) is 6.54 Å². The van der Waals surface area contributed by atoms with Crippen LogP contribution < -0.4 is 5.43 Å². The highest BCUT2D eigenvalue weighted by atomic mass is 15.3. The van der Waals surface area contributed by atoms with Gasteiger partial charge in [-0.2, -0.15) is 10.5 Å². The van der Waals surface area contributed by atoms with Crippen LogP contribution in [0.3, 0.4) is 0 Å². The molecule has 0 unspecified atom stereocenters. The molecule has 1 saturated carbocycles. The van der Waals surface area contributed by atoms with Crippen LogP contribution in [0.4, 0.5) is 0 Å². The molecule has 2 aliphatic rings. The van der Waals surface area contributed by atoms with Gasteiger partial charge in [-0.1, -0.05) is 6.08 Å². The van der Waals surface area contributed by atoms with Gasteiger partial charge in [-0.15, -0.1) is 0 Å². The van der Waals surface area contributed by atoms with Crippen LogP contribution in [0.1, 0.15) is 25.7 Å². The van der Waals surface area contributed by atoms with Crippen LogP contribution >= 0.6 is 0 Å². The van der Waals surface area contributed by atoms with E-state index in [4.69, 9.17) is 0 Å². The van der Waals surface area contributed by atoms with E-state index < -0.39 is 0 Å². The summed E-state index contributed by atoms with van der Waals surface area (Å²) < 4.78 is 0. The first-order chi connectivity index (χ1) is 4.97. The zero-order valence-electron chi connectivity index (χ0n) is 6.01.